The first kappa shape index (κ1) is 14.3. The predicted octanol–water partition coefficient (Wildman–Crippen LogP) is 1.53. The molecule has 0 unspecified atom stereocenters. The lowest BCUT2D eigenvalue weighted by Gasteiger charge is -2.32. The maximum atomic E-state index is 11.9. The van der Waals surface area contributed by atoms with Crippen molar-refractivity contribution in [3.8, 4) is 0 Å². The Morgan fingerprint density at radius 2 is 1.75 bits per heavy atom. The molecule has 0 atom stereocenters. The second-order valence-corrected chi connectivity index (χ2v) is 4.36. The van der Waals surface area contributed by atoms with Crippen molar-refractivity contribution < 1.29 is 19.2 Å². The van der Waals surface area contributed by atoms with Crippen LogP contribution in [0.2, 0.25) is 0 Å². The highest BCUT2D eigenvalue weighted by Crippen LogP contribution is 2.08. The molecule has 1 saturated heterocycles. The van der Waals surface area contributed by atoms with E-state index >= 15 is 0 Å². The minimum Gasteiger partial charge on any atom is -0.450 e. The molecule has 0 aliphatic carbocycles. The maximum absolute atomic E-state index is 11.9. The van der Waals surface area contributed by atoms with Crippen molar-refractivity contribution in [1.29, 1.82) is 0 Å². The van der Waals surface area contributed by atoms with E-state index in [1.165, 1.54) is 0 Å². The predicted molar refractivity (Wildman–Crippen MR) is 72.0 cm³/mol. The molecule has 1 aromatic carbocycles. The molecule has 20 heavy (non-hydrogen) atoms. The van der Waals surface area contributed by atoms with Crippen molar-refractivity contribution in [2.75, 3.05) is 32.8 Å². The molecule has 0 aromatic heterocycles. The van der Waals surface area contributed by atoms with Crippen LogP contribution >= 0.6 is 0 Å². The van der Waals surface area contributed by atoms with Gasteiger partial charge < -0.3 is 14.5 Å². The summed E-state index contributed by atoms with van der Waals surface area (Å²) in [5.41, 5.74) is 0.514. The molecule has 1 aliphatic heterocycles. The van der Waals surface area contributed by atoms with Crippen LogP contribution in [0.1, 0.15) is 17.3 Å². The number of hydroxylamine groups is 2. The third kappa shape index (κ3) is 3.71. The third-order valence-electron chi connectivity index (χ3n) is 2.99. The summed E-state index contributed by atoms with van der Waals surface area (Å²) in [4.78, 5) is 30.3. The van der Waals surface area contributed by atoms with Crippen molar-refractivity contribution in [1.82, 2.24) is 9.96 Å². The summed E-state index contributed by atoms with van der Waals surface area (Å²) in [7, 11) is 0. The van der Waals surface area contributed by atoms with Crippen LogP contribution in [0.15, 0.2) is 30.3 Å². The van der Waals surface area contributed by atoms with Gasteiger partial charge in [0.05, 0.1) is 25.3 Å². The van der Waals surface area contributed by atoms with Crippen molar-refractivity contribution in [3.63, 3.8) is 0 Å². The summed E-state index contributed by atoms with van der Waals surface area (Å²) in [5, 5.41) is 1.57. The number of piperazine rings is 1. The van der Waals surface area contributed by atoms with Crippen LogP contribution < -0.4 is 0 Å². The van der Waals surface area contributed by atoms with Crippen molar-refractivity contribution in [2.45, 2.75) is 6.92 Å². The number of benzene rings is 1. The standard InChI is InChI=1S/C14H18N2O4/c1-2-19-14(18)15-8-10-16(11-9-15)20-13(17)12-6-4-3-5-7-12/h3-7H,2,8-11H2,1H3. The average Bonchev–Trinajstić information content (AvgIpc) is 2.49. The van der Waals surface area contributed by atoms with Gasteiger partial charge in [-0.2, -0.15) is 0 Å². The molecule has 0 spiro atoms. The Bertz CT molecular complexity index is 456. The summed E-state index contributed by atoms with van der Waals surface area (Å²) < 4.78 is 4.93. The summed E-state index contributed by atoms with van der Waals surface area (Å²) in [5.74, 6) is -0.379. The normalized spacial score (nSPS) is 15.8. The molecule has 0 saturated carbocycles. The first-order valence-corrected chi connectivity index (χ1v) is 6.64. The summed E-state index contributed by atoms with van der Waals surface area (Å²) in [6.45, 7) is 4.08. The summed E-state index contributed by atoms with van der Waals surface area (Å²) in [6, 6.07) is 8.83. The molecule has 1 aliphatic rings. The summed E-state index contributed by atoms with van der Waals surface area (Å²) in [6.07, 6.45) is -0.318. The Balaban J connectivity index is 1.80. The topological polar surface area (TPSA) is 59.1 Å². The van der Waals surface area contributed by atoms with Gasteiger partial charge in [-0.3, -0.25) is 0 Å². The van der Waals surface area contributed by atoms with Crippen molar-refractivity contribution in [3.05, 3.63) is 35.9 Å². The van der Waals surface area contributed by atoms with E-state index in [1.54, 1.807) is 41.2 Å². The molecule has 1 aromatic rings. The molecule has 2 rings (SSSR count). The zero-order valence-electron chi connectivity index (χ0n) is 11.4. The number of rotatable bonds is 3. The molecule has 1 fully saturated rings. The van der Waals surface area contributed by atoms with Gasteiger partial charge in [-0.05, 0) is 19.1 Å². The van der Waals surface area contributed by atoms with E-state index < -0.39 is 0 Å². The lowest BCUT2D eigenvalue weighted by molar-refractivity contribution is -0.127. The van der Waals surface area contributed by atoms with Crippen LogP contribution in [0.5, 0.6) is 0 Å². The molecular weight excluding hydrogens is 260 g/mol. The van der Waals surface area contributed by atoms with Gasteiger partial charge in [0.15, 0.2) is 0 Å². The molecule has 0 bridgehead atoms. The highest BCUT2D eigenvalue weighted by molar-refractivity contribution is 5.89. The monoisotopic (exact) mass is 278 g/mol. The Morgan fingerprint density at radius 3 is 2.35 bits per heavy atom. The smallest absolute Gasteiger partial charge is 0.409 e. The summed E-state index contributed by atoms with van der Waals surface area (Å²) >= 11 is 0. The highest BCUT2D eigenvalue weighted by Gasteiger charge is 2.24. The van der Waals surface area contributed by atoms with Crippen LogP contribution in [-0.2, 0) is 9.57 Å². The van der Waals surface area contributed by atoms with Gasteiger partial charge in [-0.25, -0.2) is 9.59 Å². The molecule has 6 nitrogen and oxygen atoms in total. The second-order valence-electron chi connectivity index (χ2n) is 4.36. The van der Waals surface area contributed by atoms with E-state index in [0.29, 0.717) is 38.3 Å². The van der Waals surface area contributed by atoms with Crippen molar-refractivity contribution in [2.24, 2.45) is 0 Å². The Morgan fingerprint density at radius 1 is 1.10 bits per heavy atom. The van der Waals surface area contributed by atoms with Gasteiger partial charge >= 0.3 is 12.1 Å². The second kappa shape index (κ2) is 6.91. The third-order valence-corrected chi connectivity index (χ3v) is 2.99. The van der Waals surface area contributed by atoms with E-state index in [1.807, 2.05) is 6.07 Å². The minimum absolute atomic E-state index is 0.318. The number of ether oxygens (including phenoxy) is 1. The van der Waals surface area contributed by atoms with Crippen LogP contribution in [-0.4, -0.2) is 54.8 Å². The van der Waals surface area contributed by atoms with Gasteiger partial charge in [0.25, 0.3) is 0 Å². The fraction of sp³-hybridized carbons (Fsp3) is 0.429. The Labute approximate surface area is 117 Å². The fourth-order valence-electron chi connectivity index (χ4n) is 1.92. The van der Waals surface area contributed by atoms with E-state index in [2.05, 4.69) is 0 Å². The molecule has 1 amide bonds. The number of hydrogen-bond donors (Lipinski definition) is 0. The number of amides is 1. The van der Waals surface area contributed by atoms with Crippen LogP contribution in [0.25, 0.3) is 0 Å². The van der Waals surface area contributed by atoms with E-state index in [4.69, 9.17) is 9.57 Å². The zero-order chi connectivity index (χ0) is 14.4. The Hall–Kier alpha value is -2.08. The lowest BCUT2D eigenvalue weighted by Crippen LogP contribution is -2.49. The van der Waals surface area contributed by atoms with Crippen molar-refractivity contribution >= 4 is 12.1 Å². The maximum Gasteiger partial charge on any atom is 0.409 e. The van der Waals surface area contributed by atoms with Gasteiger partial charge in [0, 0.05) is 13.1 Å². The van der Waals surface area contributed by atoms with E-state index in [0.717, 1.165) is 0 Å². The Kier molecular flexibility index (Phi) is 4.95. The minimum atomic E-state index is -0.379. The van der Waals surface area contributed by atoms with Crippen LogP contribution in [0.3, 0.4) is 0 Å². The van der Waals surface area contributed by atoms with Gasteiger partial charge in [-0.1, -0.05) is 18.2 Å². The van der Waals surface area contributed by atoms with Crippen LogP contribution in [0, 0.1) is 0 Å². The molecule has 6 heteroatoms. The molecule has 1 heterocycles. The van der Waals surface area contributed by atoms with E-state index in [9.17, 15) is 9.59 Å². The number of hydrogen-bond acceptors (Lipinski definition) is 5. The molecular formula is C14H18N2O4. The SMILES string of the molecule is CCOC(=O)N1CCN(OC(=O)c2ccccc2)CC1. The first-order chi connectivity index (χ1) is 9.70. The van der Waals surface area contributed by atoms with E-state index in [-0.39, 0.29) is 12.1 Å². The molecule has 0 radical (unpaired) electrons. The highest BCUT2D eigenvalue weighted by atomic mass is 16.7. The lowest BCUT2D eigenvalue weighted by atomic mass is 10.2. The first-order valence-electron chi connectivity index (χ1n) is 6.64. The number of carbonyl (C=O) groups is 2. The average molecular weight is 278 g/mol. The van der Waals surface area contributed by atoms with Gasteiger partial charge in [-0.15, -0.1) is 5.06 Å². The fourth-order valence-corrected chi connectivity index (χ4v) is 1.92. The zero-order valence-corrected chi connectivity index (χ0v) is 11.4. The quantitative estimate of drug-likeness (QED) is 0.839. The largest absolute Gasteiger partial charge is 0.450 e. The van der Waals surface area contributed by atoms with Gasteiger partial charge in [0.1, 0.15) is 0 Å². The number of carbonyl (C=O) groups excluding carboxylic acids is 2. The van der Waals surface area contributed by atoms with Crippen LogP contribution in [0.4, 0.5) is 4.79 Å². The molecule has 108 valence electrons. The number of nitrogens with zero attached hydrogens (tertiary/aromatic N) is 2. The molecule has 0 N–H and O–H groups in total. The van der Waals surface area contributed by atoms with Gasteiger partial charge in [0.2, 0.25) is 0 Å².